The van der Waals surface area contributed by atoms with Crippen LogP contribution in [0.1, 0.15) is 13.3 Å². The van der Waals surface area contributed by atoms with E-state index in [-0.39, 0.29) is 12.6 Å². The van der Waals surface area contributed by atoms with Gasteiger partial charge in [0, 0.05) is 40.4 Å². The number of halogens is 1. The Balaban J connectivity index is 2.18. The largest absolute Gasteiger partial charge is 0.491 e. The summed E-state index contributed by atoms with van der Waals surface area (Å²) in [5, 5.41) is 13.7. The first-order valence-corrected chi connectivity index (χ1v) is 8.67. The Hall–Kier alpha value is -0.620. The van der Waals surface area contributed by atoms with E-state index in [2.05, 4.69) is 5.32 Å². The van der Waals surface area contributed by atoms with Crippen molar-refractivity contribution in [3.63, 3.8) is 0 Å². The van der Waals surface area contributed by atoms with E-state index < -0.39 is 16.9 Å². The maximum atomic E-state index is 11.0. The molecule has 20 heavy (non-hydrogen) atoms. The third-order valence-electron chi connectivity index (χ3n) is 2.80. The van der Waals surface area contributed by atoms with E-state index in [0.717, 1.165) is 6.42 Å². The maximum absolute atomic E-state index is 11.0. The first kappa shape index (κ1) is 17.4. The van der Waals surface area contributed by atoms with Crippen molar-refractivity contribution in [2.75, 3.05) is 25.2 Å². The Bertz CT molecular complexity index is 413. The minimum Gasteiger partial charge on any atom is -0.491 e. The van der Waals surface area contributed by atoms with Gasteiger partial charge in [-0.15, -0.1) is 0 Å². The van der Waals surface area contributed by atoms with E-state index in [0.29, 0.717) is 23.1 Å². The summed E-state index contributed by atoms with van der Waals surface area (Å²) in [7, 11) is -0.769. The van der Waals surface area contributed by atoms with Crippen LogP contribution >= 0.6 is 11.6 Å². The molecule has 114 valence electrons. The van der Waals surface area contributed by atoms with Gasteiger partial charge in [0.15, 0.2) is 0 Å². The fourth-order valence-electron chi connectivity index (χ4n) is 1.56. The van der Waals surface area contributed by atoms with Crippen LogP contribution in [-0.4, -0.2) is 46.6 Å². The highest BCUT2D eigenvalue weighted by molar-refractivity contribution is 7.84. The van der Waals surface area contributed by atoms with Crippen LogP contribution in [0.4, 0.5) is 0 Å². The molecule has 0 heterocycles. The second-order valence-electron chi connectivity index (χ2n) is 4.79. The summed E-state index contributed by atoms with van der Waals surface area (Å²) in [5.74, 6) is 1.36. The first-order valence-electron chi connectivity index (χ1n) is 6.57. The summed E-state index contributed by atoms with van der Waals surface area (Å²) in [6.07, 6.45) is 1.94. The molecule has 1 rings (SSSR count). The summed E-state index contributed by atoms with van der Waals surface area (Å²) < 4.78 is 16.4. The van der Waals surface area contributed by atoms with Gasteiger partial charge in [0.05, 0.1) is 0 Å². The first-order chi connectivity index (χ1) is 9.47. The van der Waals surface area contributed by atoms with E-state index in [1.54, 1.807) is 30.5 Å². The quantitative estimate of drug-likeness (QED) is 0.729. The van der Waals surface area contributed by atoms with E-state index in [1.165, 1.54) is 0 Å². The smallest absolute Gasteiger partial charge is 0.119 e. The lowest BCUT2D eigenvalue weighted by Crippen LogP contribution is -2.37. The molecule has 1 aromatic carbocycles. The van der Waals surface area contributed by atoms with Crippen molar-refractivity contribution in [2.45, 2.75) is 25.5 Å². The number of aliphatic hydroxyl groups is 1. The van der Waals surface area contributed by atoms with Gasteiger partial charge in [0.2, 0.25) is 0 Å². The molecule has 2 N–H and O–H groups in total. The van der Waals surface area contributed by atoms with E-state index in [1.807, 2.05) is 6.92 Å². The van der Waals surface area contributed by atoms with Gasteiger partial charge >= 0.3 is 0 Å². The lowest BCUT2D eigenvalue weighted by Gasteiger charge is -2.17. The molecular formula is C14H22ClNO3S. The summed E-state index contributed by atoms with van der Waals surface area (Å²) >= 11 is 5.77. The molecule has 0 spiro atoms. The number of aliphatic hydroxyl groups excluding tert-OH is 1. The topological polar surface area (TPSA) is 58.6 Å². The second-order valence-corrected chi connectivity index (χ2v) is 6.79. The SMILES string of the molecule is CC(CCS(C)=O)NCC(O)COc1ccc(Cl)cc1. The summed E-state index contributed by atoms with van der Waals surface area (Å²) in [6.45, 7) is 2.69. The van der Waals surface area contributed by atoms with Gasteiger partial charge in [0.25, 0.3) is 0 Å². The summed E-state index contributed by atoms with van der Waals surface area (Å²) in [6, 6.07) is 7.25. The summed E-state index contributed by atoms with van der Waals surface area (Å²) in [5.41, 5.74) is 0. The van der Waals surface area contributed by atoms with Crippen molar-refractivity contribution >= 4 is 22.4 Å². The highest BCUT2D eigenvalue weighted by Crippen LogP contribution is 2.15. The van der Waals surface area contributed by atoms with Gasteiger partial charge in [-0.25, -0.2) is 0 Å². The third kappa shape index (κ3) is 7.85. The van der Waals surface area contributed by atoms with E-state index >= 15 is 0 Å². The molecule has 0 amide bonds. The van der Waals surface area contributed by atoms with E-state index in [4.69, 9.17) is 16.3 Å². The molecule has 0 aliphatic rings. The average Bonchev–Trinajstić information content (AvgIpc) is 2.42. The van der Waals surface area contributed by atoms with Gasteiger partial charge in [-0.1, -0.05) is 11.6 Å². The average molecular weight is 320 g/mol. The molecule has 0 fully saturated rings. The van der Waals surface area contributed by atoms with Gasteiger partial charge in [-0.05, 0) is 37.6 Å². The number of hydrogen-bond donors (Lipinski definition) is 2. The molecule has 0 aliphatic heterocycles. The zero-order chi connectivity index (χ0) is 15.0. The molecule has 0 saturated heterocycles. The van der Waals surface area contributed by atoms with Crippen molar-refractivity contribution in [3.8, 4) is 5.75 Å². The van der Waals surface area contributed by atoms with Crippen LogP contribution in [0.25, 0.3) is 0 Å². The summed E-state index contributed by atoms with van der Waals surface area (Å²) in [4.78, 5) is 0. The highest BCUT2D eigenvalue weighted by atomic mass is 35.5. The number of ether oxygens (including phenoxy) is 1. The Morgan fingerprint density at radius 1 is 1.40 bits per heavy atom. The molecule has 3 unspecified atom stereocenters. The van der Waals surface area contributed by atoms with Gasteiger partial charge in [0.1, 0.15) is 18.5 Å². The fraction of sp³-hybridized carbons (Fsp3) is 0.571. The molecule has 0 aromatic heterocycles. The minimum absolute atomic E-state index is 0.223. The van der Waals surface area contributed by atoms with Crippen molar-refractivity contribution in [1.29, 1.82) is 0 Å². The van der Waals surface area contributed by atoms with Crippen LogP contribution in [0.3, 0.4) is 0 Å². The Labute approximate surface area is 127 Å². The van der Waals surface area contributed by atoms with Crippen LogP contribution in [0, 0.1) is 0 Å². The lowest BCUT2D eigenvalue weighted by molar-refractivity contribution is 0.104. The van der Waals surface area contributed by atoms with Gasteiger partial charge in [-0.2, -0.15) is 0 Å². The molecule has 4 nitrogen and oxygen atoms in total. The zero-order valence-corrected chi connectivity index (χ0v) is 13.4. The van der Waals surface area contributed by atoms with Crippen LogP contribution in [-0.2, 0) is 10.8 Å². The van der Waals surface area contributed by atoms with Crippen LogP contribution in [0.5, 0.6) is 5.75 Å². The monoisotopic (exact) mass is 319 g/mol. The number of rotatable bonds is 9. The second kappa shape index (κ2) is 9.34. The Morgan fingerprint density at radius 3 is 2.65 bits per heavy atom. The molecule has 0 saturated carbocycles. The standard InChI is InChI=1S/C14H22ClNO3S/c1-11(7-8-20(2)18)16-9-13(17)10-19-14-5-3-12(15)4-6-14/h3-6,11,13,16-17H,7-10H2,1-2H3. The molecule has 6 heteroatoms. The number of benzene rings is 1. The minimum atomic E-state index is -0.769. The fourth-order valence-corrected chi connectivity index (χ4v) is 2.38. The Morgan fingerprint density at radius 2 is 2.05 bits per heavy atom. The van der Waals surface area contributed by atoms with Crippen molar-refractivity contribution < 1.29 is 14.1 Å². The van der Waals surface area contributed by atoms with Gasteiger partial charge in [-0.3, -0.25) is 4.21 Å². The maximum Gasteiger partial charge on any atom is 0.119 e. The molecule has 0 aliphatic carbocycles. The van der Waals surface area contributed by atoms with E-state index in [9.17, 15) is 9.32 Å². The normalized spacial score (nSPS) is 15.6. The van der Waals surface area contributed by atoms with Crippen molar-refractivity contribution in [2.24, 2.45) is 0 Å². The third-order valence-corrected chi connectivity index (χ3v) is 3.86. The Kier molecular flexibility index (Phi) is 8.14. The number of hydrogen-bond acceptors (Lipinski definition) is 4. The predicted molar refractivity (Wildman–Crippen MR) is 84.0 cm³/mol. The zero-order valence-electron chi connectivity index (χ0n) is 11.8. The van der Waals surface area contributed by atoms with Crippen LogP contribution in [0.15, 0.2) is 24.3 Å². The van der Waals surface area contributed by atoms with Gasteiger partial charge < -0.3 is 15.2 Å². The molecule has 3 atom stereocenters. The molecular weight excluding hydrogens is 298 g/mol. The van der Waals surface area contributed by atoms with Crippen molar-refractivity contribution in [3.05, 3.63) is 29.3 Å². The van der Waals surface area contributed by atoms with Crippen LogP contribution in [0.2, 0.25) is 5.02 Å². The molecule has 1 aromatic rings. The molecule has 0 bridgehead atoms. The van der Waals surface area contributed by atoms with Crippen LogP contribution < -0.4 is 10.1 Å². The number of nitrogens with one attached hydrogen (secondary N) is 1. The lowest BCUT2D eigenvalue weighted by atomic mass is 10.2. The predicted octanol–water partition coefficient (Wildman–Crippen LogP) is 1.83. The van der Waals surface area contributed by atoms with Crippen molar-refractivity contribution in [1.82, 2.24) is 5.32 Å². The molecule has 0 radical (unpaired) electrons. The highest BCUT2D eigenvalue weighted by Gasteiger charge is 2.08.